The van der Waals surface area contributed by atoms with Crippen LogP contribution in [0.5, 0.6) is 5.75 Å². The molecule has 2 rings (SSSR count). The molecule has 118 valence electrons. The molecule has 1 fully saturated rings. The molecule has 0 aromatic heterocycles. The van der Waals surface area contributed by atoms with Gasteiger partial charge in [0.25, 0.3) is 0 Å². The molecule has 0 amide bonds. The van der Waals surface area contributed by atoms with E-state index in [1.54, 1.807) is 14.0 Å². The highest BCUT2D eigenvalue weighted by Crippen LogP contribution is 2.37. The maximum absolute atomic E-state index is 10.1. The molecule has 1 aliphatic heterocycles. The predicted molar refractivity (Wildman–Crippen MR) is 81.9 cm³/mol. The van der Waals surface area contributed by atoms with Crippen molar-refractivity contribution in [2.24, 2.45) is 0 Å². The summed E-state index contributed by atoms with van der Waals surface area (Å²) in [6.07, 6.45) is -0.864. The number of anilines is 1. The molecule has 2 atom stereocenters. The van der Waals surface area contributed by atoms with Crippen molar-refractivity contribution in [3.8, 4) is 5.75 Å². The van der Waals surface area contributed by atoms with Crippen LogP contribution in [0.4, 0.5) is 5.69 Å². The van der Waals surface area contributed by atoms with E-state index in [-0.39, 0.29) is 18.3 Å². The molecule has 1 aliphatic rings. The van der Waals surface area contributed by atoms with Crippen molar-refractivity contribution in [1.29, 1.82) is 0 Å². The van der Waals surface area contributed by atoms with Crippen LogP contribution in [0.3, 0.4) is 0 Å². The third-order valence-corrected chi connectivity index (χ3v) is 3.71. The van der Waals surface area contributed by atoms with Crippen molar-refractivity contribution in [1.82, 2.24) is 0 Å². The Morgan fingerprint density at radius 2 is 2.19 bits per heavy atom. The summed E-state index contributed by atoms with van der Waals surface area (Å²) >= 11 is 0. The second kappa shape index (κ2) is 6.22. The summed E-state index contributed by atoms with van der Waals surface area (Å²) in [5.74, 6) is 0.673. The lowest BCUT2D eigenvalue weighted by atomic mass is 10.0. The van der Waals surface area contributed by atoms with Crippen LogP contribution >= 0.6 is 0 Å². The first-order chi connectivity index (χ1) is 9.88. The molecule has 1 heterocycles. The number of methoxy groups -OCH3 is 1. The fraction of sp³-hybridized carbons (Fsp3) is 0.625. The molecule has 0 bridgehead atoms. The SMILES string of the molecule is COc1cccc(N2CC(CO)OC(C)(C)C2)c1[C@@H](C)O. The molecule has 0 radical (unpaired) electrons. The monoisotopic (exact) mass is 295 g/mol. The summed E-state index contributed by atoms with van der Waals surface area (Å²) in [5.41, 5.74) is 1.35. The Bertz CT molecular complexity index is 487. The largest absolute Gasteiger partial charge is 0.496 e. The summed E-state index contributed by atoms with van der Waals surface area (Å²) < 4.78 is 11.2. The molecule has 1 aromatic carbocycles. The zero-order chi connectivity index (χ0) is 15.6. The number of aliphatic hydroxyl groups excluding tert-OH is 2. The molecule has 1 unspecified atom stereocenters. The number of benzene rings is 1. The van der Waals surface area contributed by atoms with Crippen LogP contribution in [-0.2, 0) is 4.74 Å². The van der Waals surface area contributed by atoms with Crippen LogP contribution in [-0.4, -0.2) is 48.7 Å². The molecule has 0 saturated carbocycles. The van der Waals surface area contributed by atoms with Crippen LogP contribution in [0.1, 0.15) is 32.4 Å². The van der Waals surface area contributed by atoms with Gasteiger partial charge in [-0.05, 0) is 32.9 Å². The maximum atomic E-state index is 10.1. The van der Waals surface area contributed by atoms with Gasteiger partial charge in [0.1, 0.15) is 5.75 Å². The number of nitrogens with zero attached hydrogens (tertiary/aromatic N) is 1. The Balaban J connectivity index is 2.40. The number of hydrogen-bond donors (Lipinski definition) is 2. The highest BCUT2D eigenvalue weighted by Gasteiger charge is 2.34. The molecule has 5 heteroatoms. The summed E-state index contributed by atoms with van der Waals surface area (Å²) in [7, 11) is 1.60. The van der Waals surface area contributed by atoms with Gasteiger partial charge in [-0.1, -0.05) is 6.07 Å². The van der Waals surface area contributed by atoms with Crippen molar-refractivity contribution < 1.29 is 19.7 Å². The second-order valence-electron chi connectivity index (χ2n) is 6.13. The molecular weight excluding hydrogens is 270 g/mol. The standard InChI is InChI=1S/C16H25NO4/c1-11(19)15-13(6-5-7-14(15)20-4)17-8-12(9-18)21-16(2,3)10-17/h5-7,11-12,18-19H,8-10H2,1-4H3/t11-,12?/m1/s1. The average Bonchev–Trinajstić information content (AvgIpc) is 2.44. The van der Waals surface area contributed by atoms with Crippen LogP contribution < -0.4 is 9.64 Å². The third kappa shape index (κ3) is 3.48. The normalized spacial score (nSPS) is 23.0. The zero-order valence-electron chi connectivity index (χ0n) is 13.2. The molecule has 0 aliphatic carbocycles. The first-order valence-electron chi connectivity index (χ1n) is 7.26. The number of rotatable bonds is 4. The Morgan fingerprint density at radius 3 is 2.76 bits per heavy atom. The number of ether oxygens (including phenoxy) is 2. The van der Waals surface area contributed by atoms with Crippen LogP contribution in [0.25, 0.3) is 0 Å². The summed E-state index contributed by atoms with van der Waals surface area (Å²) in [6.45, 7) is 7.00. The Labute approximate surface area is 126 Å². The van der Waals surface area contributed by atoms with Gasteiger partial charge in [0.15, 0.2) is 0 Å². The van der Waals surface area contributed by atoms with Crippen molar-refractivity contribution in [3.63, 3.8) is 0 Å². The quantitative estimate of drug-likeness (QED) is 0.885. The average molecular weight is 295 g/mol. The topological polar surface area (TPSA) is 62.2 Å². The van der Waals surface area contributed by atoms with Crippen molar-refractivity contribution in [2.75, 3.05) is 31.7 Å². The van der Waals surface area contributed by atoms with Crippen LogP contribution in [0.15, 0.2) is 18.2 Å². The van der Waals surface area contributed by atoms with Crippen molar-refractivity contribution in [3.05, 3.63) is 23.8 Å². The van der Waals surface area contributed by atoms with Gasteiger partial charge in [-0.2, -0.15) is 0 Å². The van der Waals surface area contributed by atoms with E-state index >= 15 is 0 Å². The van der Waals surface area contributed by atoms with E-state index in [0.29, 0.717) is 18.8 Å². The van der Waals surface area contributed by atoms with E-state index in [9.17, 15) is 10.2 Å². The maximum Gasteiger partial charge on any atom is 0.126 e. The second-order valence-corrected chi connectivity index (χ2v) is 6.13. The van der Waals surface area contributed by atoms with E-state index in [2.05, 4.69) is 4.90 Å². The fourth-order valence-electron chi connectivity index (χ4n) is 2.98. The minimum atomic E-state index is -0.630. The molecular formula is C16H25NO4. The van der Waals surface area contributed by atoms with Gasteiger partial charge in [0, 0.05) is 24.3 Å². The molecule has 0 spiro atoms. The van der Waals surface area contributed by atoms with Gasteiger partial charge in [-0.25, -0.2) is 0 Å². The summed E-state index contributed by atoms with van der Waals surface area (Å²) in [4.78, 5) is 2.15. The van der Waals surface area contributed by atoms with Gasteiger partial charge in [-0.3, -0.25) is 0 Å². The molecule has 1 aromatic rings. The van der Waals surface area contributed by atoms with Crippen molar-refractivity contribution in [2.45, 2.75) is 38.6 Å². The Hall–Kier alpha value is -1.30. The van der Waals surface area contributed by atoms with Gasteiger partial charge in [0.2, 0.25) is 0 Å². The van der Waals surface area contributed by atoms with E-state index < -0.39 is 6.10 Å². The van der Waals surface area contributed by atoms with Gasteiger partial charge >= 0.3 is 0 Å². The summed E-state index contributed by atoms with van der Waals surface area (Å²) in [6, 6.07) is 5.73. The smallest absolute Gasteiger partial charge is 0.126 e. The highest BCUT2D eigenvalue weighted by molar-refractivity contribution is 5.61. The number of morpholine rings is 1. The first-order valence-corrected chi connectivity index (χ1v) is 7.26. The van der Waals surface area contributed by atoms with Crippen LogP contribution in [0.2, 0.25) is 0 Å². The lowest BCUT2D eigenvalue weighted by Crippen LogP contribution is -2.54. The first kappa shape index (κ1) is 16.1. The Kier molecular flexibility index (Phi) is 4.76. The summed E-state index contributed by atoms with van der Waals surface area (Å²) in [5, 5.41) is 19.6. The van der Waals surface area contributed by atoms with E-state index in [1.807, 2.05) is 32.0 Å². The molecule has 21 heavy (non-hydrogen) atoms. The van der Waals surface area contributed by atoms with E-state index in [1.165, 1.54) is 0 Å². The lowest BCUT2D eigenvalue weighted by Gasteiger charge is -2.44. The van der Waals surface area contributed by atoms with Crippen LogP contribution in [0, 0.1) is 0 Å². The Morgan fingerprint density at radius 1 is 1.48 bits per heavy atom. The van der Waals surface area contributed by atoms with E-state index in [0.717, 1.165) is 11.3 Å². The third-order valence-electron chi connectivity index (χ3n) is 3.71. The highest BCUT2D eigenvalue weighted by atomic mass is 16.5. The van der Waals surface area contributed by atoms with E-state index in [4.69, 9.17) is 9.47 Å². The number of aliphatic hydroxyl groups is 2. The predicted octanol–water partition coefficient (Wildman–Crippen LogP) is 1.72. The fourth-order valence-corrected chi connectivity index (χ4v) is 2.98. The zero-order valence-corrected chi connectivity index (χ0v) is 13.2. The lowest BCUT2D eigenvalue weighted by molar-refractivity contribution is -0.101. The van der Waals surface area contributed by atoms with Crippen molar-refractivity contribution >= 4 is 5.69 Å². The van der Waals surface area contributed by atoms with Gasteiger partial charge < -0.3 is 24.6 Å². The van der Waals surface area contributed by atoms with Gasteiger partial charge in [0.05, 0.1) is 31.5 Å². The van der Waals surface area contributed by atoms with Gasteiger partial charge in [-0.15, -0.1) is 0 Å². The number of hydrogen-bond acceptors (Lipinski definition) is 5. The molecule has 2 N–H and O–H groups in total. The molecule has 5 nitrogen and oxygen atoms in total. The minimum absolute atomic E-state index is 0.0199. The molecule has 1 saturated heterocycles. The minimum Gasteiger partial charge on any atom is -0.496 e.